The van der Waals surface area contributed by atoms with Crippen molar-refractivity contribution in [3.8, 4) is 0 Å². The number of allylic oxidation sites excluding steroid dienone is 1. The van der Waals surface area contributed by atoms with Crippen LogP contribution in [0, 0.1) is 10.8 Å². The van der Waals surface area contributed by atoms with Crippen molar-refractivity contribution in [1.82, 2.24) is 9.80 Å². The van der Waals surface area contributed by atoms with E-state index >= 15 is 0 Å². The molecule has 0 fully saturated rings. The Labute approximate surface area is 222 Å². The highest BCUT2D eigenvalue weighted by atomic mass is 15.3. The molecule has 1 aliphatic heterocycles. The van der Waals surface area contributed by atoms with Gasteiger partial charge in [-0.25, -0.2) is 4.99 Å². The largest absolute Gasteiger partial charge is 0.358 e. The maximum atomic E-state index is 8.27. The van der Waals surface area contributed by atoms with E-state index in [1.807, 2.05) is 7.05 Å². The molecule has 2 unspecified atom stereocenters. The third-order valence-corrected chi connectivity index (χ3v) is 7.61. The van der Waals surface area contributed by atoms with Gasteiger partial charge in [-0.3, -0.25) is 0 Å². The van der Waals surface area contributed by atoms with Crippen LogP contribution in [0.5, 0.6) is 0 Å². The van der Waals surface area contributed by atoms with Gasteiger partial charge in [0.25, 0.3) is 0 Å². The summed E-state index contributed by atoms with van der Waals surface area (Å²) in [6.07, 6.45) is 6.99. The maximum Gasteiger partial charge on any atom is 0.132 e. The van der Waals surface area contributed by atoms with E-state index in [0.717, 1.165) is 34.6 Å². The van der Waals surface area contributed by atoms with Gasteiger partial charge < -0.3 is 15.2 Å². The lowest BCUT2D eigenvalue weighted by Crippen LogP contribution is -2.52. The highest BCUT2D eigenvalue weighted by Crippen LogP contribution is 2.45. The van der Waals surface area contributed by atoms with Crippen molar-refractivity contribution in [2.24, 2.45) is 10.4 Å². The highest BCUT2D eigenvalue weighted by molar-refractivity contribution is 5.87. The van der Waals surface area contributed by atoms with E-state index in [4.69, 9.17) is 10.4 Å². The SMILES string of the molecule is C=C1/C=C\N(C)C(C(C)(C=N)CC)N=C(CC)N1C(c1ccccc1)(c1ccccc1)c1ccccc1. The summed E-state index contributed by atoms with van der Waals surface area (Å²) in [5.74, 6) is 0.935. The van der Waals surface area contributed by atoms with Gasteiger partial charge in [-0.2, -0.15) is 0 Å². The number of hydrogen-bond acceptors (Lipinski definition) is 4. The van der Waals surface area contributed by atoms with Gasteiger partial charge in [-0.15, -0.1) is 0 Å². The van der Waals surface area contributed by atoms with Gasteiger partial charge in [0.05, 0.1) is 0 Å². The quantitative estimate of drug-likeness (QED) is 0.263. The van der Waals surface area contributed by atoms with Crippen LogP contribution in [0.15, 0.2) is 121 Å². The normalized spacial score (nSPS) is 18.9. The minimum atomic E-state index is -0.701. The fourth-order valence-corrected chi connectivity index (χ4v) is 5.37. The average molecular weight is 491 g/mol. The van der Waals surface area contributed by atoms with Crippen LogP contribution in [0.25, 0.3) is 0 Å². The number of amidine groups is 1. The van der Waals surface area contributed by atoms with Crippen molar-refractivity contribution < 1.29 is 0 Å². The summed E-state index contributed by atoms with van der Waals surface area (Å²) in [6, 6.07) is 31.9. The summed E-state index contributed by atoms with van der Waals surface area (Å²) >= 11 is 0. The summed E-state index contributed by atoms with van der Waals surface area (Å²) in [7, 11) is 2.04. The highest BCUT2D eigenvalue weighted by Gasteiger charge is 2.45. The van der Waals surface area contributed by atoms with E-state index in [1.165, 1.54) is 0 Å². The topological polar surface area (TPSA) is 42.7 Å². The molecule has 2 atom stereocenters. The maximum absolute atomic E-state index is 8.27. The van der Waals surface area contributed by atoms with E-state index in [1.54, 1.807) is 6.21 Å². The Balaban J connectivity index is 2.12. The number of benzene rings is 3. The van der Waals surface area contributed by atoms with Crippen LogP contribution in [0.4, 0.5) is 0 Å². The van der Waals surface area contributed by atoms with E-state index in [9.17, 15) is 0 Å². The summed E-state index contributed by atoms with van der Waals surface area (Å²) < 4.78 is 0. The first-order valence-corrected chi connectivity index (χ1v) is 13.1. The molecule has 1 N–H and O–H groups in total. The summed E-state index contributed by atoms with van der Waals surface area (Å²) in [6.45, 7) is 11.0. The molecule has 3 aromatic rings. The third kappa shape index (κ3) is 4.64. The zero-order valence-electron chi connectivity index (χ0n) is 22.4. The number of nitrogens with zero attached hydrogens (tertiary/aromatic N) is 3. The Hall–Kier alpha value is -3.92. The average Bonchev–Trinajstić information content (AvgIpc) is 2.96. The van der Waals surface area contributed by atoms with E-state index in [0.29, 0.717) is 6.42 Å². The second kappa shape index (κ2) is 11.0. The van der Waals surface area contributed by atoms with Crippen LogP contribution in [0.2, 0.25) is 0 Å². The van der Waals surface area contributed by atoms with Crippen molar-refractivity contribution >= 4 is 12.1 Å². The zero-order valence-corrected chi connectivity index (χ0v) is 22.4. The van der Waals surface area contributed by atoms with Crippen LogP contribution in [-0.4, -0.2) is 35.1 Å². The number of hydrogen-bond donors (Lipinski definition) is 1. The third-order valence-electron chi connectivity index (χ3n) is 7.61. The smallest absolute Gasteiger partial charge is 0.132 e. The van der Waals surface area contributed by atoms with E-state index < -0.39 is 11.0 Å². The molecule has 0 aromatic heterocycles. The molecule has 0 saturated heterocycles. The predicted octanol–water partition coefficient (Wildman–Crippen LogP) is 7.45. The van der Waals surface area contributed by atoms with Gasteiger partial charge in [0, 0.05) is 37.0 Å². The van der Waals surface area contributed by atoms with Gasteiger partial charge >= 0.3 is 0 Å². The lowest BCUT2D eigenvalue weighted by Gasteiger charge is -2.49. The van der Waals surface area contributed by atoms with Gasteiger partial charge in [-0.05, 0) is 29.2 Å². The molecule has 4 heteroatoms. The first kappa shape index (κ1) is 26.2. The summed E-state index contributed by atoms with van der Waals surface area (Å²) in [5.41, 5.74) is 3.15. The Morgan fingerprint density at radius 3 is 1.70 bits per heavy atom. The van der Waals surface area contributed by atoms with Gasteiger partial charge in [0.1, 0.15) is 17.5 Å². The molecule has 37 heavy (non-hydrogen) atoms. The van der Waals surface area contributed by atoms with Crippen molar-refractivity contribution in [2.75, 3.05) is 7.05 Å². The summed E-state index contributed by atoms with van der Waals surface area (Å²) in [4.78, 5) is 9.86. The molecule has 1 aliphatic rings. The van der Waals surface area contributed by atoms with Crippen molar-refractivity contribution in [3.63, 3.8) is 0 Å². The molecule has 0 amide bonds. The second-order valence-electron chi connectivity index (χ2n) is 9.89. The van der Waals surface area contributed by atoms with Crippen LogP contribution in [0.3, 0.4) is 0 Å². The fourth-order valence-electron chi connectivity index (χ4n) is 5.37. The molecule has 190 valence electrons. The lowest BCUT2D eigenvalue weighted by molar-refractivity contribution is 0.197. The minimum Gasteiger partial charge on any atom is -0.358 e. The molecule has 0 saturated carbocycles. The Bertz CT molecular complexity index is 1170. The Morgan fingerprint density at radius 2 is 1.32 bits per heavy atom. The summed E-state index contributed by atoms with van der Waals surface area (Å²) in [5, 5.41) is 8.27. The first-order chi connectivity index (χ1) is 17.9. The Kier molecular flexibility index (Phi) is 7.77. The lowest BCUT2D eigenvalue weighted by atomic mass is 9.74. The van der Waals surface area contributed by atoms with Crippen LogP contribution in [0.1, 0.15) is 50.3 Å². The molecule has 0 radical (unpaired) electrons. The molecular weight excluding hydrogens is 452 g/mol. The van der Waals surface area contributed by atoms with Gasteiger partial charge in [0.15, 0.2) is 0 Å². The van der Waals surface area contributed by atoms with Crippen LogP contribution >= 0.6 is 0 Å². The number of aliphatic imine (C=N–C) groups is 1. The minimum absolute atomic E-state index is 0.225. The fraction of sp³-hybridized carbons (Fsp3) is 0.273. The Morgan fingerprint density at radius 1 is 0.865 bits per heavy atom. The van der Waals surface area contributed by atoms with Gasteiger partial charge in [-0.1, -0.05) is 118 Å². The molecular formula is C33H38N4. The van der Waals surface area contributed by atoms with Crippen LogP contribution < -0.4 is 0 Å². The predicted molar refractivity (Wildman–Crippen MR) is 156 cm³/mol. The van der Waals surface area contributed by atoms with Crippen molar-refractivity contribution in [2.45, 2.75) is 45.3 Å². The zero-order chi connectivity index (χ0) is 26.5. The molecule has 0 aliphatic carbocycles. The van der Waals surface area contributed by atoms with Gasteiger partial charge in [0.2, 0.25) is 0 Å². The van der Waals surface area contributed by atoms with E-state index in [-0.39, 0.29) is 6.17 Å². The van der Waals surface area contributed by atoms with Crippen LogP contribution in [-0.2, 0) is 5.54 Å². The van der Waals surface area contributed by atoms with Crippen molar-refractivity contribution in [3.05, 3.63) is 132 Å². The molecule has 3 aromatic carbocycles. The molecule has 0 bridgehead atoms. The first-order valence-electron chi connectivity index (χ1n) is 13.1. The molecule has 4 rings (SSSR count). The monoisotopic (exact) mass is 490 g/mol. The molecule has 0 spiro atoms. The number of nitrogens with one attached hydrogen (secondary N) is 1. The second-order valence-corrected chi connectivity index (χ2v) is 9.89. The molecule has 4 nitrogen and oxygen atoms in total. The molecule has 1 heterocycles. The van der Waals surface area contributed by atoms with Crippen molar-refractivity contribution in [1.29, 1.82) is 5.41 Å². The standard InChI is InChI=1S/C33H38N4/c1-6-30-35-31(32(4,7-2)25-34)36(5)24-23-26(3)37(30)33(27-17-11-8-12-18-27,28-19-13-9-14-20-28)29-21-15-10-16-22-29/h8-25,31,34H,3,6-7H2,1-2,4-5H3/b24-23-,34-25?,35-30?. The number of rotatable bonds is 8. The van der Waals surface area contributed by atoms with E-state index in [2.05, 4.69) is 140 Å².